The van der Waals surface area contributed by atoms with Crippen molar-refractivity contribution in [2.24, 2.45) is 0 Å². The molecule has 1 heterocycles. The molecule has 150 valence electrons. The van der Waals surface area contributed by atoms with E-state index in [9.17, 15) is 22.4 Å². The van der Waals surface area contributed by atoms with E-state index < -0.39 is 23.5 Å². The number of carbonyl (C=O) groups is 1. The van der Waals surface area contributed by atoms with Gasteiger partial charge in [-0.3, -0.25) is 4.79 Å². The van der Waals surface area contributed by atoms with E-state index in [2.05, 4.69) is 15.6 Å². The zero-order valence-electron chi connectivity index (χ0n) is 15.0. The molecule has 0 fully saturated rings. The largest absolute Gasteiger partial charge is 0.481 e. The summed E-state index contributed by atoms with van der Waals surface area (Å²) in [5.74, 6) is -0.795. The lowest BCUT2D eigenvalue weighted by atomic mass is 10.1. The Labute approximate surface area is 163 Å². The van der Waals surface area contributed by atoms with Crippen LogP contribution in [0.4, 0.5) is 34.6 Å². The molecule has 0 atom stereocenters. The molecule has 5 nitrogen and oxygen atoms in total. The average Bonchev–Trinajstić information content (AvgIpc) is 2.69. The molecule has 0 unspecified atom stereocenters. The van der Waals surface area contributed by atoms with Crippen molar-refractivity contribution in [2.75, 3.05) is 17.7 Å². The van der Waals surface area contributed by atoms with Crippen LogP contribution in [0.3, 0.4) is 0 Å². The SMILES string of the molecule is COc1ccc(NC(=O)c2ccc(C(F)(F)F)cc2Nc2ccc(F)cc2)cn1. The van der Waals surface area contributed by atoms with Crippen LogP contribution in [0.15, 0.2) is 60.8 Å². The van der Waals surface area contributed by atoms with E-state index in [1.165, 1.54) is 31.5 Å². The highest BCUT2D eigenvalue weighted by molar-refractivity contribution is 6.08. The molecule has 1 amide bonds. The van der Waals surface area contributed by atoms with Crippen molar-refractivity contribution in [1.29, 1.82) is 0 Å². The summed E-state index contributed by atoms with van der Waals surface area (Å²) in [6.07, 6.45) is -3.23. The predicted octanol–water partition coefficient (Wildman–Crippen LogP) is 5.24. The van der Waals surface area contributed by atoms with E-state index in [-0.39, 0.29) is 11.3 Å². The van der Waals surface area contributed by atoms with Crippen LogP contribution in [0.1, 0.15) is 15.9 Å². The Kier molecular flexibility index (Phi) is 5.67. The molecule has 2 N–H and O–H groups in total. The second-order valence-corrected chi connectivity index (χ2v) is 5.93. The summed E-state index contributed by atoms with van der Waals surface area (Å²) in [4.78, 5) is 16.6. The molecule has 3 rings (SSSR count). The van der Waals surface area contributed by atoms with Crippen molar-refractivity contribution in [3.05, 3.63) is 77.7 Å². The fourth-order valence-electron chi connectivity index (χ4n) is 2.48. The maximum absolute atomic E-state index is 13.1. The number of anilines is 3. The molecule has 29 heavy (non-hydrogen) atoms. The third-order valence-electron chi connectivity index (χ3n) is 3.92. The normalized spacial score (nSPS) is 11.1. The Morgan fingerprint density at radius 1 is 1.00 bits per heavy atom. The number of carbonyl (C=O) groups excluding carboxylic acids is 1. The first-order chi connectivity index (χ1) is 13.8. The van der Waals surface area contributed by atoms with Crippen LogP contribution in [-0.4, -0.2) is 18.0 Å². The maximum atomic E-state index is 13.1. The number of hydrogen-bond donors (Lipinski definition) is 2. The molecular weight excluding hydrogens is 390 g/mol. The van der Waals surface area contributed by atoms with Gasteiger partial charge in [0.25, 0.3) is 5.91 Å². The zero-order chi connectivity index (χ0) is 21.0. The molecule has 2 aromatic carbocycles. The quantitative estimate of drug-likeness (QED) is 0.570. The molecule has 3 aromatic rings. The Morgan fingerprint density at radius 2 is 1.69 bits per heavy atom. The molecular formula is C20H15F4N3O2. The molecule has 0 bridgehead atoms. The summed E-state index contributed by atoms with van der Waals surface area (Å²) in [6.45, 7) is 0. The average molecular weight is 405 g/mol. The van der Waals surface area contributed by atoms with Crippen LogP contribution < -0.4 is 15.4 Å². The maximum Gasteiger partial charge on any atom is 0.416 e. The number of methoxy groups -OCH3 is 1. The first-order valence-corrected chi connectivity index (χ1v) is 8.31. The zero-order valence-corrected chi connectivity index (χ0v) is 15.0. The molecule has 0 radical (unpaired) electrons. The van der Waals surface area contributed by atoms with E-state index in [1.807, 2.05) is 0 Å². The van der Waals surface area contributed by atoms with Gasteiger partial charge in [-0.1, -0.05) is 0 Å². The van der Waals surface area contributed by atoms with Crippen molar-refractivity contribution in [1.82, 2.24) is 4.98 Å². The minimum atomic E-state index is -4.59. The number of pyridine rings is 1. The number of ether oxygens (including phenoxy) is 1. The van der Waals surface area contributed by atoms with Crippen molar-refractivity contribution in [3.63, 3.8) is 0 Å². The Hall–Kier alpha value is -3.62. The second-order valence-electron chi connectivity index (χ2n) is 5.93. The molecule has 0 spiro atoms. The fraction of sp³-hybridized carbons (Fsp3) is 0.100. The number of nitrogens with one attached hydrogen (secondary N) is 2. The van der Waals surface area contributed by atoms with Gasteiger partial charge < -0.3 is 15.4 Å². The topological polar surface area (TPSA) is 63.2 Å². The Bertz CT molecular complexity index is 1000. The van der Waals surface area contributed by atoms with Gasteiger partial charge >= 0.3 is 6.18 Å². The number of nitrogens with zero attached hydrogens (tertiary/aromatic N) is 1. The molecule has 1 aromatic heterocycles. The second kappa shape index (κ2) is 8.17. The van der Waals surface area contributed by atoms with Crippen molar-refractivity contribution in [2.45, 2.75) is 6.18 Å². The summed E-state index contributed by atoms with van der Waals surface area (Å²) in [5.41, 5.74) is -0.373. The van der Waals surface area contributed by atoms with Crippen molar-refractivity contribution < 1.29 is 27.1 Å². The summed E-state index contributed by atoms with van der Waals surface area (Å²) in [7, 11) is 1.44. The van der Waals surface area contributed by atoms with Crippen molar-refractivity contribution in [3.8, 4) is 5.88 Å². The number of rotatable bonds is 5. The van der Waals surface area contributed by atoms with Crippen LogP contribution in [0.5, 0.6) is 5.88 Å². The molecule has 0 saturated heterocycles. The van der Waals surface area contributed by atoms with E-state index in [0.717, 1.165) is 30.3 Å². The third kappa shape index (κ3) is 5.01. The lowest BCUT2D eigenvalue weighted by Gasteiger charge is -2.15. The number of alkyl halides is 3. The smallest absolute Gasteiger partial charge is 0.416 e. The van der Waals surface area contributed by atoms with Gasteiger partial charge in [0.2, 0.25) is 5.88 Å². The highest BCUT2D eigenvalue weighted by Crippen LogP contribution is 2.33. The molecule has 0 aliphatic heterocycles. The first kappa shape index (κ1) is 20.1. The highest BCUT2D eigenvalue weighted by Gasteiger charge is 2.31. The summed E-state index contributed by atoms with van der Waals surface area (Å²) >= 11 is 0. The van der Waals surface area contributed by atoms with Crippen LogP contribution in [0.2, 0.25) is 0 Å². The van der Waals surface area contributed by atoms with Crippen molar-refractivity contribution >= 4 is 23.0 Å². The van der Waals surface area contributed by atoms with Gasteiger partial charge in [0.05, 0.1) is 35.8 Å². The van der Waals surface area contributed by atoms with E-state index >= 15 is 0 Å². The monoisotopic (exact) mass is 405 g/mol. The van der Waals surface area contributed by atoms with E-state index in [4.69, 9.17) is 4.74 Å². The van der Waals surface area contributed by atoms with Gasteiger partial charge in [0.15, 0.2) is 0 Å². The number of aromatic nitrogens is 1. The number of benzene rings is 2. The van der Waals surface area contributed by atoms with Gasteiger partial charge in [-0.2, -0.15) is 13.2 Å². The van der Waals surface area contributed by atoms with Gasteiger partial charge in [0.1, 0.15) is 5.82 Å². The summed E-state index contributed by atoms with van der Waals surface area (Å²) in [5, 5.41) is 5.30. The van der Waals surface area contributed by atoms with E-state index in [0.29, 0.717) is 17.3 Å². The lowest BCUT2D eigenvalue weighted by molar-refractivity contribution is -0.137. The molecule has 0 aliphatic carbocycles. The minimum absolute atomic E-state index is 0.0295. The minimum Gasteiger partial charge on any atom is -0.481 e. The van der Waals surface area contributed by atoms with Gasteiger partial charge in [0, 0.05) is 11.8 Å². The first-order valence-electron chi connectivity index (χ1n) is 8.31. The lowest BCUT2D eigenvalue weighted by Crippen LogP contribution is -2.15. The molecule has 0 aliphatic rings. The van der Waals surface area contributed by atoms with Crippen LogP contribution in [0, 0.1) is 5.82 Å². The third-order valence-corrected chi connectivity index (χ3v) is 3.92. The van der Waals surface area contributed by atoms with E-state index in [1.54, 1.807) is 6.07 Å². The van der Waals surface area contributed by atoms with Crippen LogP contribution >= 0.6 is 0 Å². The highest BCUT2D eigenvalue weighted by atomic mass is 19.4. The van der Waals surface area contributed by atoms with Crippen LogP contribution in [-0.2, 0) is 6.18 Å². The fourth-order valence-corrected chi connectivity index (χ4v) is 2.48. The molecule has 9 heteroatoms. The van der Waals surface area contributed by atoms with Crippen LogP contribution in [0.25, 0.3) is 0 Å². The number of hydrogen-bond acceptors (Lipinski definition) is 4. The standard InChI is InChI=1S/C20H15F4N3O2/c1-29-18-9-7-15(11-25-18)27-19(28)16-8-2-12(20(22,23)24)10-17(16)26-14-5-3-13(21)4-6-14/h2-11,26H,1H3,(H,27,28). The van der Waals surface area contributed by atoms with Gasteiger partial charge in [-0.25, -0.2) is 9.37 Å². The summed E-state index contributed by atoms with van der Waals surface area (Å²) < 4.78 is 57.4. The predicted molar refractivity (Wildman–Crippen MR) is 99.9 cm³/mol. The Morgan fingerprint density at radius 3 is 2.28 bits per heavy atom. The molecule has 0 saturated carbocycles. The number of halogens is 4. The number of amides is 1. The van der Waals surface area contributed by atoms with Gasteiger partial charge in [-0.05, 0) is 48.5 Å². The van der Waals surface area contributed by atoms with Gasteiger partial charge in [-0.15, -0.1) is 0 Å². The summed E-state index contributed by atoms with van der Waals surface area (Å²) in [6, 6.07) is 10.8. The Balaban J connectivity index is 1.92.